The Kier molecular flexibility index (Phi) is 3.70. The van der Waals surface area contributed by atoms with Gasteiger partial charge in [0.25, 0.3) is 0 Å². The first-order valence-corrected chi connectivity index (χ1v) is 5.36. The Morgan fingerprint density at radius 3 is 2.69 bits per heavy atom. The Hall–Kier alpha value is -1.36. The van der Waals surface area contributed by atoms with E-state index in [-0.39, 0.29) is 0 Å². The van der Waals surface area contributed by atoms with Gasteiger partial charge in [-0.25, -0.2) is 0 Å². The van der Waals surface area contributed by atoms with Gasteiger partial charge in [0.15, 0.2) is 0 Å². The molecule has 16 heavy (non-hydrogen) atoms. The van der Waals surface area contributed by atoms with Crippen molar-refractivity contribution >= 4 is 5.97 Å². The van der Waals surface area contributed by atoms with Gasteiger partial charge < -0.3 is 10.8 Å². The summed E-state index contributed by atoms with van der Waals surface area (Å²) in [5.74, 6) is -0.958. The van der Waals surface area contributed by atoms with Crippen LogP contribution in [0, 0.1) is 13.8 Å². The molecule has 1 unspecified atom stereocenters. The van der Waals surface area contributed by atoms with Crippen LogP contribution in [0.1, 0.15) is 31.2 Å². The fourth-order valence-corrected chi connectivity index (χ4v) is 1.60. The largest absolute Gasteiger partial charge is 0.480 e. The molecule has 0 aliphatic carbocycles. The van der Waals surface area contributed by atoms with Crippen LogP contribution >= 0.6 is 0 Å². The Labute approximate surface area is 95.3 Å². The second-order valence-corrected chi connectivity index (χ2v) is 4.48. The topological polar surface area (TPSA) is 81.1 Å². The van der Waals surface area contributed by atoms with Crippen molar-refractivity contribution in [2.24, 2.45) is 5.73 Å². The lowest BCUT2D eigenvalue weighted by atomic mass is 9.98. The van der Waals surface area contributed by atoms with E-state index in [1.165, 1.54) is 6.92 Å². The summed E-state index contributed by atoms with van der Waals surface area (Å²) in [4.78, 5) is 10.8. The van der Waals surface area contributed by atoms with Gasteiger partial charge in [-0.05, 0) is 39.7 Å². The molecule has 0 aliphatic rings. The fourth-order valence-electron chi connectivity index (χ4n) is 1.60. The van der Waals surface area contributed by atoms with E-state index in [9.17, 15) is 4.79 Å². The van der Waals surface area contributed by atoms with Crippen LogP contribution < -0.4 is 5.73 Å². The SMILES string of the molecule is Cc1cc(C)n(CCCC(C)(N)C(=O)O)n1. The third kappa shape index (κ3) is 3.06. The third-order valence-electron chi connectivity index (χ3n) is 2.66. The lowest BCUT2D eigenvalue weighted by molar-refractivity contribution is -0.142. The predicted molar refractivity (Wildman–Crippen MR) is 61.2 cm³/mol. The Morgan fingerprint density at radius 2 is 2.25 bits per heavy atom. The standard InChI is InChI=1S/C11H19N3O2/c1-8-7-9(2)14(13-8)6-4-5-11(3,12)10(15)16/h7H,4-6,12H2,1-3H3,(H,15,16). The van der Waals surface area contributed by atoms with E-state index in [2.05, 4.69) is 5.10 Å². The maximum atomic E-state index is 10.8. The van der Waals surface area contributed by atoms with Gasteiger partial charge in [-0.2, -0.15) is 5.10 Å². The first-order chi connectivity index (χ1) is 7.33. The van der Waals surface area contributed by atoms with E-state index in [4.69, 9.17) is 10.8 Å². The number of hydrogen-bond donors (Lipinski definition) is 2. The van der Waals surface area contributed by atoms with E-state index in [1.54, 1.807) is 0 Å². The fraction of sp³-hybridized carbons (Fsp3) is 0.636. The maximum Gasteiger partial charge on any atom is 0.323 e. The van der Waals surface area contributed by atoms with Gasteiger partial charge >= 0.3 is 5.97 Å². The molecular weight excluding hydrogens is 206 g/mol. The quantitative estimate of drug-likeness (QED) is 0.785. The highest BCUT2D eigenvalue weighted by Crippen LogP contribution is 2.11. The minimum atomic E-state index is -1.14. The highest BCUT2D eigenvalue weighted by Gasteiger charge is 2.26. The van der Waals surface area contributed by atoms with E-state index in [0.717, 1.165) is 11.4 Å². The van der Waals surface area contributed by atoms with Gasteiger partial charge in [0.2, 0.25) is 0 Å². The monoisotopic (exact) mass is 225 g/mol. The van der Waals surface area contributed by atoms with E-state index in [1.807, 2.05) is 24.6 Å². The molecule has 0 saturated carbocycles. The zero-order valence-electron chi connectivity index (χ0n) is 10.0. The van der Waals surface area contributed by atoms with E-state index < -0.39 is 11.5 Å². The lowest BCUT2D eigenvalue weighted by Gasteiger charge is -2.18. The van der Waals surface area contributed by atoms with Crippen molar-refractivity contribution in [2.45, 2.75) is 45.7 Å². The number of nitrogens with two attached hydrogens (primary N) is 1. The molecule has 5 nitrogen and oxygen atoms in total. The van der Waals surface area contributed by atoms with Crippen LogP contribution in [-0.4, -0.2) is 26.4 Å². The molecule has 0 fully saturated rings. The molecule has 1 atom stereocenters. The summed E-state index contributed by atoms with van der Waals surface area (Å²) < 4.78 is 1.88. The molecule has 3 N–H and O–H groups in total. The summed E-state index contributed by atoms with van der Waals surface area (Å²) in [5.41, 5.74) is 6.56. The minimum Gasteiger partial charge on any atom is -0.480 e. The highest BCUT2D eigenvalue weighted by atomic mass is 16.4. The summed E-state index contributed by atoms with van der Waals surface area (Å²) >= 11 is 0. The first kappa shape index (κ1) is 12.7. The first-order valence-electron chi connectivity index (χ1n) is 5.36. The molecule has 0 spiro atoms. The molecule has 90 valence electrons. The van der Waals surface area contributed by atoms with Gasteiger partial charge in [0.05, 0.1) is 5.69 Å². The van der Waals surface area contributed by atoms with Crippen LogP contribution in [-0.2, 0) is 11.3 Å². The zero-order valence-corrected chi connectivity index (χ0v) is 10.0. The number of aromatic nitrogens is 2. The Morgan fingerprint density at radius 1 is 1.62 bits per heavy atom. The molecule has 0 amide bonds. The van der Waals surface area contributed by atoms with Crippen LogP contribution in [0.2, 0.25) is 0 Å². The van der Waals surface area contributed by atoms with Crippen LogP contribution in [0.15, 0.2) is 6.07 Å². The van der Waals surface area contributed by atoms with Gasteiger partial charge in [-0.3, -0.25) is 9.48 Å². The average molecular weight is 225 g/mol. The molecule has 0 bridgehead atoms. The molecule has 1 aromatic rings. The Bertz CT molecular complexity index is 383. The summed E-state index contributed by atoms with van der Waals surface area (Å²) in [6, 6.07) is 2.00. The number of hydrogen-bond acceptors (Lipinski definition) is 3. The van der Waals surface area contributed by atoms with Crippen molar-refractivity contribution in [2.75, 3.05) is 0 Å². The molecule has 1 rings (SSSR count). The Balaban J connectivity index is 2.48. The van der Waals surface area contributed by atoms with Crippen molar-refractivity contribution in [1.82, 2.24) is 9.78 Å². The molecule has 0 saturated heterocycles. The maximum absolute atomic E-state index is 10.8. The van der Waals surface area contributed by atoms with Crippen molar-refractivity contribution in [3.05, 3.63) is 17.5 Å². The number of aryl methyl sites for hydroxylation is 3. The molecule has 5 heteroatoms. The summed E-state index contributed by atoms with van der Waals surface area (Å²) in [6.07, 6.45) is 1.15. The van der Waals surface area contributed by atoms with Crippen LogP contribution in [0.3, 0.4) is 0 Å². The molecule has 1 aromatic heterocycles. The second kappa shape index (κ2) is 4.65. The third-order valence-corrected chi connectivity index (χ3v) is 2.66. The highest BCUT2D eigenvalue weighted by molar-refractivity contribution is 5.77. The normalized spacial score (nSPS) is 14.8. The van der Waals surface area contributed by atoms with Crippen LogP contribution in [0.25, 0.3) is 0 Å². The zero-order chi connectivity index (χ0) is 12.3. The number of carbonyl (C=O) groups is 1. The van der Waals surface area contributed by atoms with Gasteiger partial charge in [-0.15, -0.1) is 0 Å². The van der Waals surface area contributed by atoms with Crippen molar-refractivity contribution in [1.29, 1.82) is 0 Å². The number of rotatable bonds is 5. The van der Waals surface area contributed by atoms with E-state index >= 15 is 0 Å². The molecule has 0 aromatic carbocycles. The van der Waals surface area contributed by atoms with Gasteiger partial charge in [0.1, 0.15) is 5.54 Å². The number of carboxylic acid groups (broad SMARTS) is 1. The average Bonchev–Trinajstić information content (AvgIpc) is 2.44. The van der Waals surface area contributed by atoms with Crippen molar-refractivity contribution in [3.63, 3.8) is 0 Å². The predicted octanol–water partition coefficient (Wildman–Crippen LogP) is 1.08. The van der Waals surface area contributed by atoms with Crippen LogP contribution in [0.5, 0.6) is 0 Å². The molecule has 1 heterocycles. The van der Waals surface area contributed by atoms with E-state index in [0.29, 0.717) is 19.4 Å². The van der Waals surface area contributed by atoms with Crippen molar-refractivity contribution in [3.8, 4) is 0 Å². The lowest BCUT2D eigenvalue weighted by Crippen LogP contribution is -2.44. The van der Waals surface area contributed by atoms with Crippen LogP contribution in [0.4, 0.5) is 0 Å². The number of nitrogens with zero attached hydrogens (tertiary/aromatic N) is 2. The van der Waals surface area contributed by atoms with Crippen molar-refractivity contribution < 1.29 is 9.90 Å². The molecular formula is C11H19N3O2. The second-order valence-electron chi connectivity index (χ2n) is 4.48. The smallest absolute Gasteiger partial charge is 0.323 e. The van der Waals surface area contributed by atoms with Gasteiger partial charge in [0, 0.05) is 12.2 Å². The van der Waals surface area contributed by atoms with Gasteiger partial charge in [-0.1, -0.05) is 0 Å². The number of aliphatic carboxylic acids is 1. The summed E-state index contributed by atoms with van der Waals surface area (Å²) in [5, 5.41) is 13.2. The summed E-state index contributed by atoms with van der Waals surface area (Å²) in [6.45, 7) is 6.17. The molecule has 0 aliphatic heterocycles. The minimum absolute atomic E-state index is 0.445. The summed E-state index contributed by atoms with van der Waals surface area (Å²) in [7, 11) is 0. The number of carboxylic acids is 1. The molecule has 0 radical (unpaired) electrons.